The van der Waals surface area contributed by atoms with Gasteiger partial charge in [-0.2, -0.15) is 0 Å². The maximum absolute atomic E-state index is 6.11. The highest BCUT2D eigenvalue weighted by Crippen LogP contribution is 2.29. The van der Waals surface area contributed by atoms with Crippen LogP contribution in [0, 0.1) is 0 Å². The van der Waals surface area contributed by atoms with E-state index >= 15 is 0 Å². The van der Waals surface area contributed by atoms with Crippen molar-refractivity contribution < 1.29 is 0 Å². The molecule has 112 valence electrons. The Morgan fingerprint density at radius 3 is 2.33 bits per heavy atom. The molecule has 0 aliphatic rings. The molecule has 0 heterocycles. The largest absolute Gasteiger partial charge is 0.303 e. The smallest absolute Gasteiger partial charge is 0.0595 e. The molecule has 0 aliphatic carbocycles. The van der Waals surface area contributed by atoms with Crippen LogP contribution in [0.1, 0.15) is 43.5 Å². The second kappa shape index (κ2) is 7.51. The third-order valence-corrected chi connectivity index (χ3v) is 4.53. The average Bonchev–Trinajstić information content (AvgIpc) is 2.47. The summed E-state index contributed by atoms with van der Waals surface area (Å²) >= 11 is 18.1. The lowest BCUT2D eigenvalue weighted by Gasteiger charge is -2.23. The molecule has 2 unspecified atom stereocenters. The van der Waals surface area contributed by atoms with Crippen molar-refractivity contribution in [3.63, 3.8) is 0 Å². The fraction of sp³-hybridized carbons (Fsp3) is 0.294. The molecule has 0 radical (unpaired) electrons. The maximum atomic E-state index is 6.11. The first-order valence-electron chi connectivity index (χ1n) is 6.97. The van der Waals surface area contributed by atoms with Gasteiger partial charge in [-0.15, -0.1) is 0 Å². The first kappa shape index (κ1) is 16.6. The zero-order valence-corrected chi connectivity index (χ0v) is 14.3. The van der Waals surface area contributed by atoms with Gasteiger partial charge >= 0.3 is 0 Å². The zero-order chi connectivity index (χ0) is 15.4. The Hall–Kier alpha value is -0.730. The fourth-order valence-electron chi connectivity index (χ4n) is 2.35. The van der Waals surface area contributed by atoms with Gasteiger partial charge in [0.25, 0.3) is 0 Å². The van der Waals surface area contributed by atoms with Gasteiger partial charge in [0.2, 0.25) is 0 Å². The summed E-state index contributed by atoms with van der Waals surface area (Å²) in [5, 5.41) is 5.54. The minimum atomic E-state index is 0.197. The molecule has 0 aliphatic heterocycles. The van der Waals surface area contributed by atoms with Crippen LogP contribution in [0.5, 0.6) is 0 Å². The van der Waals surface area contributed by atoms with Crippen molar-refractivity contribution in [2.45, 2.75) is 32.4 Å². The number of halogens is 3. The second-order valence-corrected chi connectivity index (χ2v) is 6.33. The zero-order valence-electron chi connectivity index (χ0n) is 12.0. The van der Waals surface area contributed by atoms with E-state index in [9.17, 15) is 0 Å². The van der Waals surface area contributed by atoms with Crippen molar-refractivity contribution in [1.82, 2.24) is 5.32 Å². The molecule has 21 heavy (non-hydrogen) atoms. The van der Waals surface area contributed by atoms with Crippen molar-refractivity contribution in [3.8, 4) is 0 Å². The van der Waals surface area contributed by atoms with E-state index in [1.165, 1.54) is 5.56 Å². The lowest BCUT2D eigenvalue weighted by molar-refractivity contribution is 0.456. The highest BCUT2D eigenvalue weighted by molar-refractivity contribution is 6.42. The van der Waals surface area contributed by atoms with Crippen LogP contribution in [0.4, 0.5) is 0 Å². The SMILES string of the molecule is CCC(NC(C)c1cccc(Cl)c1)c1ccc(Cl)c(Cl)c1. The molecule has 0 fully saturated rings. The lowest BCUT2D eigenvalue weighted by atomic mass is 10.0. The van der Waals surface area contributed by atoms with Crippen LogP contribution in [0.25, 0.3) is 0 Å². The molecular weight excluding hydrogens is 325 g/mol. The minimum Gasteiger partial charge on any atom is -0.303 e. The normalized spacial score (nSPS) is 14.0. The molecule has 0 spiro atoms. The van der Waals surface area contributed by atoms with E-state index in [2.05, 4.69) is 25.2 Å². The van der Waals surface area contributed by atoms with Crippen LogP contribution in [0.3, 0.4) is 0 Å². The number of hydrogen-bond donors (Lipinski definition) is 1. The molecule has 0 amide bonds. The van der Waals surface area contributed by atoms with Crippen LogP contribution in [-0.4, -0.2) is 0 Å². The van der Waals surface area contributed by atoms with E-state index in [0.29, 0.717) is 10.0 Å². The summed E-state index contributed by atoms with van der Waals surface area (Å²) in [6.45, 7) is 4.27. The number of rotatable bonds is 5. The summed E-state index contributed by atoms with van der Waals surface area (Å²) in [5.41, 5.74) is 2.31. The quantitative estimate of drug-likeness (QED) is 0.658. The standard InChI is InChI=1S/C17H18Cl3N/c1-3-17(13-7-8-15(19)16(20)10-13)21-11(2)12-5-4-6-14(18)9-12/h4-11,17,21H,3H2,1-2H3. The van der Waals surface area contributed by atoms with Crippen LogP contribution in [-0.2, 0) is 0 Å². The average molecular weight is 343 g/mol. The monoisotopic (exact) mass is 341 g/mol. The lowest BCUT2D eigenvalue weighted by Crippen LogP contribution is -2.24. The fourth-order valence-corrected chi connectivity index (χ4v) is 2.86. The molecule has 1 N–H and O–H groups in total. The topological polar surface area (TPSA) is 12.0 Å². The third-order valence-electron chi connectivity index (χ3n) is 3.55. The number of nitrogens with one attached hydrogen (secondary N) is 1. The highest BCUT2D eigenvalue weighted by Gasteiger charge is 2.15. The Morgan fingerprint density at radius 1 is 0.952 bits per heavy atom. The van der Waals surface area contributed by atoms with Gasteiger partial charge in [-0.05, 0) is 48.7 Å². The van der Waals surface area contributed by atoms with E-state index in [1.807, 2.05) is 36.4 Å². The number of hydrogen-bond acceptors (Lipinski definition) is 1. The molecule has 1 nitrogen and oxygen atoms in total. The predicted octanol–water partition coefficient (Wildman–Crippen LogP) is 6.45. The molecule has 2 aromatic carbocycles. The van der Waals surface area contributed by atoms with Gasteiger partial charge in [0.05, 0.1) is 10.0 Å². The third kappa shape index (κ3) is 4.37. The predicted molar refractivity (Wildman–Crippen MR) is 92.5 cm³/mol. The van der Waals surface area contributed by atoms with E-state index in [-0.39, 0.29) is 12.1 Å². The first-order chi connectivity index (χ1) is 10.0. The molecule has 4 heteroatoms. The van der Waals surface area contributed by atoms with Gasteiger partial charge in [-0.3, -0.25) is 0 Å². The van der Waals surface area contributed by atoms with Crippen molar-refractivity contribution in [2.24, 2.45) is 0 Å². The van der Waals surface area contributed by atoms with Gasteiger partial charge in [0, 0.05) is 17.1 Å². The van der Waals surface area contributed by atoms with Gasteiger partial charge in [-0.1, -0.05) is 59.9 Å². The molecule has 0 saturated heterocycles. The van der Waals surface area contributed by atoms with Gasteiger partial charge in [-0.25, -0.2) is 0 Å². The Labute approximate surface area is 141 Å². The van der Waals surface area contributed by atoms with Crippen molar-refractivity contribution in [3.05, 3.63) is 68.7 Å². The minimum absolute atomic E-state index is 0.197. The summed E-state index contributed by atoms with van der Waals surface area (Å²) < 4.78 is 0. The van der Waals surface area contributed by atoms with Gasteiger partial charge in [0.15, 0.2) is 0 Å². The molecule has 0 aromatic heterocycles. The molecule has 2 aromatic rings. The maximum Gasteiger partial charge on any atom is 0.0595 e. The van der Waals surface area contributed by atoms with Crippen LogP contribution in [0.2, 0.25) is 15.1 Å². The summed E-state index contributed by atoms with van der Waals surface area (Å²) in [4.78, 5) is 0. The van der Waals surface area contributed by atoms with Crippen molar-refractivity contribution in [1.29, 1.82) is 0 Å². The molecule has 2 atom stereocenters. The molecule has 0 saturated carbocycles. The number of benzene rings is 2. The molecule has 2 rings (SSSR count). The van der Waals surface area contributed by atoms with Crippen LogP contribution >= 0.6 is 34.8 Å². The first-order valence-corrected chi connectivity index (χ1v) is 8.11. The second-order valence-electron chi connectivity index (χ2n) is 5.08. The molecular formula is C17H18Cl3N. The summed E-state index contributed by atoms with van der Waals surface area (Å²) in [5.74, 6) is 0. The summed E-state index contributed by atoms with van der Waals surface area (Å²) in [6.07, 6.45) is 0.961. The Morgan fingerprint density at radius 2 is 1.71 bits per heavy atom. The highest BCUT2D eigenvalue weighted by atomic mass is 35.5. The Balaban J connectivity index is 2.16. The summed E-state index contributed by atoms with van der Waals surface area (Å²) in [7, 11) is 0. The van der Waals surface area contributed by atoms with Crippen molar-refractivity contribution in [2.75, 3.05) is 0 Å². The van der Waals surface area contributed by atoms with E-state index in [4.69, 9.17) is 34.8 Å². The molecule has 0 bridgehead atoms. The van der Waals surface area contributed by atoms with Crippen LogP contribution < -0.4 is 5.32 Å². The summed E-state index contributed by atoms with van der Waals surface area (Å²) in [6, 6.07) is 14.1. The van der Waals surface area contributed by atoms with Gasteiger partial charge < -0.3 is 5.32 Å². The van der Waals surface area contributed by atoms with E-state index in [0.717, 1.165) is 17.0 Å². The van der Waals surface area contributed by atoms with E-state index in [1.54, 1.807) is 0 Å². The Kier molecular flexibility index (Phi) is 5.95. The van der Waals surface area contributed by atoms with Gasteiger partial charge in [0.1, 0.15) is 0 Å². The van der Waals surface area contributed by atoms with Crippen LogP contribution in [0.15, 0.2) is 42.5 Å². The van der Waals surface area contributed by atoms with Crippen molar-refractivity contribution >= 4 is 34.8 Å². The Bertz CT molecular complexity index is 613. The van der Waals surface area contributed by atoms with E-state index < -0.39 is 0 Å².